The van der Waals surface area contributed by atoms with E-state index in [2.05, 4.69) is 79.7 Å². The van der Waals surface area contributed by atoms with Crippen molar-refractivity contribution >= 4 is 32.6 Å². The number of benzene rings is 3. The summed E-state index contributed by atoms with van der Waals surface area (Å²) in [5.74, 6) is 0.252. The zero-order valence-electron chi connectivity index (χ0n) is 15.9. The van der Waals surface area contributed by atoms with Gasteiger partial charge in [-0.05, 0) is 0 Å². The van der Waals surface area contributed by atoms with Crippen molar-refractivity contribution < 1.29 is 4.79 Å². The molecular formula is C25H23NOSe. The summed E-state index contributed by atoms with van der Waals surface area (Å²) in [6, 6.07) is 29.1. The average Bonchev–Trinajstić information content (AvgIpc) is 2.74. The number of amides is 1. The maximum atomic E-state index is 13.0. The molecule has 0 aliphatic carbocycles. The number of nitrogens with zero attached hydrogens (tertiary/aromatic N) is 1. The van der Waals surface area contributed by atoms with Crippen LogP contribution in [0.2, 0.25) is 4.82 Å². The van der Waals surface area contributed by atoms with Crippen molar-refractivity contribution in [2.75, 3.05) is 4.90 Å². The van der Waals surface area contributed by atoms with Crippen LogP contribution in [0.4, 0.5) is 5.69 Å². The van der Waals surface area contributed by atoms with E-state index in [-0.39, 0.29) is 31.7 Å². The molecule has 1 fully saturated rings. The molecule has 2 atom stereocenters. The molecule has 140 valence electrons. The molecule has 0 unspecified atom stereocenters. The van der Waals surface area contributed by atoms with Crippen LogP contribution in [0.5, 0.6) is 0 Å². The summed E-state index contributed by atoms with van der Waals surface area (Å²) in [6.45, 7) is 2.07. The Morgan fingerprint density at radius 3 is 2.21 bits per heavy atom. The Morgan fingerprint density at radius 1 is 0.893 bits per heavy atom. The summed E-state index contributed by atoms with van der Waals surface area (Å²) < 4.78 is 0. The Hall–Kier alpha value is -2.61. The summed E-state index contributed by atoms with van der Waals surface area (Å²) in [4.78, 5) is 15.0. The fourth-order valence-electron chi connectivity index (χ4n) is 3.38. The summed E-state index contributed by atoms with van der Waals surface area (Å²) in [6.07, 6.45) is 4.35. The first-order valence-corrected chi connectivity index (χ1v) is 11.7. The molecule has 28 heavy (non-hydrogen) atoms. The van der Waals surface area contributed by atoms with E-state index < -0.39 is 0 Å². The normalized spacial score (nSPS) is 19.0. The zero-order valence-corrected chi connectivity index (χ0v) is 17.6. The van der Waals surface area contributed by atoms with Crippen molar-refractivity contribution in [2.24, 2.45) is 0 Å². The predicted octanol–water partition coefficient (Wildman–Crippen LogP) is 5.12. The molecule has 3 heteroatoms. The third-order valence-corrected chi connectivity index (χ3v) is 7.77. The van der Waals surface area contributed by atoms with Crippen LogP contribution in [0, 0.1) is 6.92 Å². The Bertz CT molecular complexity index is 951. The van der Waals surface area contributed by atoms with E-state index >= 15 is 0 Å². The Morgan fingerprint density at radius 2 is 1.54 bits per heavy atom. The van der Waals surface area contributed by atoms with E-state index in [1.807, 2.05) is 29.2 Å². The first kappa shape index (κ1) is 18.7. The van der Waals surface area contributed by atoms with Crippen LogP contribution in [0.15, 0.2) is 91.0 Å². The van der Waals surface area contributed by atoms with E-state index in [0.29, 0.717) is 0 Å². The van der Waals surface area contributed by atoms with Crippen LogP contribution >= 0.6 is 0 Å². The van der Waals surface area contributed by atoms with Crippen LogP contribution in [0.25, 0.3) is 6.08 Å². The number of hydrogen-bond acceptors (Lipinski definition) is 1. The molecule has 1 heterocycles. The fourth-order valence-corrected chi connectivity index (χ4v) is 5.96. The quantitative estimate of drug-likeness (QED) is 0.391. The van der Waals surface area contributed by atoms with Gasteiger partial charge in [-0.2, -0.15) is 0 Å². The van der Waals surface area contributed by atoms with Gasteiger partial charge in [-0.15, -0.1) is 0 Å². The molecule has 4 rings (SSSR count). The van der Waals surface area contributed by atoms with Crippen LogP contribution in [-0.2, 0) is 10.1 Å². The summed E-state index contributed by atoms with van der Waals surface area (Å²) in [5, 5.41) is 0.988. The number of aryl methyl sites for hydroxylation is 1. The third kappa shape index (κ3) is 4.11. The van der Waals surface area contributed by atoms with E-state index in [1.54, 1.807) is 0 Å². The van der Waals surface area contributed by atoms with Gasteiger partial charge in [-0.1, -0.05) is 0 Å². The molecule has 0 aromatic heterocycles. The van der Waals surface area contributed by atoms with Crippen molar-refractivity contribution in [3.8, 4) is 0 Å². The third-order valence-electron chi connectivity index (χ3n) is 4.96. The summed E-state index contributed by atoms with van der Waals surface area (Å²) >= 11 is 0.228. The van der Waals surface area contributed by atoms with E-state index in [4.69, 9.17) is 0 Å². The van der Waals surface area contributed by atoms with Gasteiger partial charge in [0.2, 0.25) is 0 Å². The molecule has 1 aliphatic rings. The molecule has 1 amide bonds. The predicted molar refractivity (Wildman–Crippen MR) is 118 cm³/mol. The molecule has 0 bridgehead atoms. The SMILES string of the molecule is Cc1ccc(N2C(=O)[C@H]([Se]Cc3ccccc3)[C@H]2/C=C/c2ccccc2)cc1. The number of hydrogen-bond donors (Lipinski definition) is 0. The maximum absolute atomic E-state index is 13.0. The van der Waals surface area contributed by atoms with Gasteiger partial charge in [0, 0.05) is 0 Å². The second kappa shape index (κ2) is 8.60. The van der Waals surface area contributed by atoms with Crippen molar-refractivity contribution in [1.82, 2.24) is 0 Å². The molecule has 0 N–H and O–H groups in total. The van der Waals surface area contributed by atoms with Gasteiger partial charge in [0.25, 0.3) is 0 Å². The first-order valence-electron chi connectivity index (χ1n) is 9.51. The van der Waals surface area contributed by atoms with Gasteiger partial charge in [-0.3, -0.25) is 0 Å². The summed E-state index contributed by atoms with van der Waals surface area (Å²) in [5.41, 5.74) is 4.68. The second-order valence-corrected chi connectivity index (χ2v) is 9.39. The molecule has 3 aromatic rings. The van der Waals surface area contributed by atoms with Gasteiger partial charge >= 0.3 is 173 Å². The second-order valence-electron chi connectivity index (χ2n) is 7.02. The minimum absolute atomic E-state index is 0.0916. The number of rotatable bonds is 6. The molecule has 0 saturated carbocycles. The number of β-lactam (4-membered cyclic amide) rings is 1. The van der Waals surface area contributed by atoms with E-state index in [1.165, 1.54) is 16.7 Å². The molecular weight excluding hydrogens is 409 g/mol. The van der Waals surface area contributed by atoms with E-state index in [0.717, 1.165) is 11.0 Å². The topological polar surface area (TPSA) is 20.3 Å². The van der Waals surface area contributed by atoms with Crippen LogP contribution in [0.3, 0.4) is 0 Å². The number of carbonyl (C=O) groups excluding carboxylic acids is 1. The first-order chi connectivity index (χ1) is 13.7. The van der Waals surface area contributed by atoms with Gasteiger partial charge in [0.05, 0.1) is 0 Å². The van der Waals surface area contributed by atoms with Gasteiger partial charge in [0.15, 0.2) is 0 Å². The fraction of sp³-hybridized carbons (Fsp3) is 0.160. The molecule has 0 spiro atoms. The molecule has 1 saturated heterocycles. The molecule has 0 radical (unpaired) electrons. The number of anilines is 1. The van der Waals surface area contributed by atoms with Crippen LogP contribution < -0.4 is 4.90 Å². The Labute approximate surface area is 173 Å². The summed E-state index contributed by atoms with van der Waals surface area (Å²) in [7, 11) is 0. The van der Waals surface area contributed by atoms with Crippen LogP contribution in [0.1, 0.15) is 16.7 Å². The van der Waals surface area contributed by atoms with Crippen LogP contribution in [-0.4, -0.2) is 26.9 Å². The van der Waals surface area contributed by atoms with Crippen molar-refractivity contribution in [3.63, 3.8) is 0 Å². The monoisotopic (exact) mass is 433 g/mol. The molecule has 3 aromatic carbocycles. The van der Waals surface area contributed by atoms with Crippen molar-refractivity contribution in [1.29, 1.82) is 0 Å². The molecule has 2 nitrogen and oxygen atoms in total. The van der Waals surface area contributed by atoms with Crippen molar-refractivity contribution in [3.05, 3.63) is 108 Å². The zero-order chi connectivity index (χ0) is 19.3. The van der Waals surface area contributed by atoms with Gasteiger partial charge in [0.1, 0.15) is 0 Å². The average molecular weight is 432 g/mol. The standard InChI is InChI=1S/C25H23NOSe/c1-19-12-15-22(16-13-19)26-23(17-14-20-8-4-2-5-9-20)24(25(26)27)28-18-21-10-6-3-7-11-21/h2-17,23-24H,18H2,1H3/b17-14+/t23-,24-/m1/s1. The Kier molecular flexibility index (Phi) is 5.76. The number of carbonyl (C=O) groups is 1. The van der Waals surface area contributed by atoms with Crippen molar-refractivity contribution in [2.45, 2.75) is 23.1 Å². The minimum atomic E-state index is 0.0916. The van der Waals surface area contributed by atoms with Gasteiger partial charge in [-0.25, -0.2) is 0 Å². The molecule has 1 aliphatic heterocycles. The van der Waals surface area contributed by atoms with Gasteiger partial charge < -0.3 is 0 Å². The van der Waals surface area contributed by atoms with E-state index in [9.17, 15) is 4.79 Å². The Balaban J connectivity index is 1.55.